The highest BCUT2D eigenvalue weighted by Crippen LogP contribution is 2.36. The van der Waals surface area contributed by atoms with Crippen LogP contribution in [0.15, 0.2) is 67.0 Å². The van der Waals surface area contributed by atoms with Crippen LogP contribution in [-0.4, -0.2) is 36.6 Å². The molecule has 10 heteroatoms. The van der Waals surface area contributed by atoms with Crippen LogP contribution < -0.4 is 30.0 Å². The molecule has 0 fully saturated rings. The zero-order valence-corrected chi connectivity index (χ0v) is 19.3. The summed E-state index contributed by atoms with van der Waals surface area (Å²) in [5, 5.41) is 4.42. The van der Waals surface area contributed by atoms with Gasteiger partial charge in [-0.1, -0.05) is 0 Å². The summed E-state index contributed by atoms with van der Waals surface area (Å²) in [5.74, 6) is 2.58. The van der Waals surface area contributed by atoms with Crippen LogP contribution in [0.5, 0.6) is 23.0 Å². The van der Waals surface area contributed by atoms with Crippen molar-refractivity contribution in [3.63, 3.8) is 0 Å². The topological polar surface area (TPSA) is 115 Å². The lowest BCUT2D eigenvalue weighted by molar-refractivity contribution is -0.107. The van der Waals surface area contributed by atoms with Gasteiger partial charge in [0.05, 0.1) is 19.7 Å². The average Bonchev–Trinajstić information content (AvgIpc) is 2.87. The number of anilines is 2. The normalized spacial score (nSPS) is 10.4. The molecule has 3 amide bonds. The largest absolute Gasteiger partial charge is 0.493 e. The van der Waals surface area contributed by atoms with Crippen LogP contribution in [-0.2, 0) is 4.79 Å². The Labute approximate surface area is 201 Å². The van der Waals surface area contributed by atoms with Crippen LogP contribution in [0.25, 0.3) is 10.9 Å². The molecule has 0 aliphatic heterocycles. The second-order valence-electron chi connectivity index (χ2n) is 7.39. The summed E-state index contributed by atoms with van der Waals surface area (Å²) in [6.07, 6.45) is 3.67. The predicted molar refractivity (Wildman–Crippen MR) is 131 cm³/mol. The van der Waals surface area contributed by atoms with Gasteiger partial charge in [0.15, 0.2) is 17.3 Å². The van der Waals surface area contributed by atoms with E-state index in [1.54, 1.807) is 81.2 Å². The fourth-order valence-corrected chi connectivity index (χ4v) is 3.33. The van der Waals surface area contributed by atoms with Crippen LogP contribution in [0.2, 0.25) is 0 Å². The Morgan fingerprint density at radius 3 is 2.31 bits per heavy atom. The number of carbonyl (C=O) groups excluding carboxylic acids is 2. The molecular formula is C25H23N5O5. The van der Waals surface area contributed by atoms with Gasteiger partial charge < -0.3 is 19.5 Å². The van der Waals surface area contributed by atoms with Crippen LogP contribution in [0.4, 0.5) is 16.3 Å². The number of nitrogens with one attached hydrogen (secondary N) is 2. The summed E-state index contributed by atoms with van der Waals surface area (Å²) in [5.41, 5.74) is 4.54. The Kier molecular flexibility index (Phi) is 6.91. The van der Waals surface area contributed by atoms with Gasteiger partial charge in [-0.3, -0.25) is 9.78 Å². The van der Waals surface area contributed by atoms with E-state index in [-0.39, 0.29) is 0 Å². The van der Waals surface area contributed by atoms with Crippen LogP contribution in [0, 0.1) is 6.92 Å². The second-order valence-corrected chi connectivity index (χ2v) is 7.39. The fourth-order valence-electron chi connectivity index (χ4n) is 3.33. The summed E-state index contributed by atoms with van der Waals surface area (Å²) in [4.78, 5) is 32.2. The molecule has 0 unspecified atom stereocenters. The molecule has 0 saturated carbocycles. The maximum absolute atomic E-state index is 12.4. The molecule has 178 valence electrons. The molecular weight excluding hydrogens is 450 g/mol. The van der Waals surface area contributed by atoms with Crippen molar-refractivity contribution >= 4 is 34.8 Å². The number of hydrazine groups is 1. The fraction of sp³-hybridized carbons (Fsp3) is 0.120. The number of amides is 3. The number of methoxy groups -OCH3 is 2. The molecule has 0 aliphatic carbocycles. The molecule has 0 radical (unpaired) electrons. The Bertz CT molecular complexity index is 1360. The van der Waals surface area contributed by atoms with Crippen molar-refractivity contribution in [2.75, 3.05) is 24.5 Å². The Morgan fingerprint density at radius 1 is 0.914 bits per heavy atom. The number of hydrogen-bond donors (Lipinski definition) is 2. The number of rotatable bonds is 8. The first-order valence-corrected chi connectivity index (χ1v) is 10.5. The Hall–Kier alpha value is -4.86. The molecule has 0 atom stereocenters. The monoisotopic (exact) mass is 473 g/mol. The third-order valence-corrected chi connectivity index (χ3v) is 5.02. The van der Waals surface area contributed by atoms with Crippen molar-refractivity contribution < 1.29 is 23.8 Å². The zero-order valence-electron chi connectivity index (χ0n) is 19.3. The third kappa shape index (κ3) is 5.38. The lowest BCUT2D eigenvalue weighted by Crippen LogP contribution is -2.44. The molecule has 2 heterocycles. The second kappa shape index (κ2) is 10.4. The minimum atomic E-state index is -0.602. The summed E-state index contributed by atoms with van der Waals surface area (Å²) in [6, 6.07) is 15.0. The first-order valence-electron chi connectivity index (χ1n) is 10.5. The van der Waals surface area contributed by atoms with Gasteiger partial charge in [-0.25, -0.2) is 20.2 Å². The van der Waals surface area contributed by atoms with E-state index in [0.717, 1.165) is 16.0 Å². The number of aromatic nitrogens is 2. The number of ether oxygens (including phenoxy) is 3. The molecule has 10 nitrogen and oxygen atoms in total. The molecule has 4 aromatic rings. The highest BCUT2D eigenvalue weighted by atomic mass is 16.5. The molecule has 0 saturated heterocycles. The van der Waals surface area contributed by atoms with Gasteiger partial charge in [0.1, 0.15) is 11.5 Å². The summed E-state index contributed by atoms with van der Waals surface area (Å²) in [7, 11) is 3.13. The van der Waals surface area contributed by atoms with Crippen LogP contribution in [0.1, 0.15) is 5.56 Å². The molecule has 4 rings (SSSR count). The first kappa shape index (κ1) is 23.3. The van der Waals surface area contributed by atoms with E-state index >= 15 is 0 Å². The molecule has 2 N–H and O–H groups in total. The lowest BCUT2D eigenvalue weighted by atomic mass is 10.2. The number of hydrogen-bond acceptors (Lipinski definition) is 7. The van der Waals surface area contributed by atoms with E-state index in [9.17, 15) is 9.59 Å². The van der Waals surface area contributed by atoms with Crippen molar-refractivity contribution in [3.8, 4) is 23.0 Å². The summed E-state index contributed by atoms with van der Waals surface area (Å²) >= 11 is 0. The molecule has 0 spiro atoms. The molecule has 2 aromatic carbocycles. The van der Waals surface area contributed by atoms with E-state index in [2.05, 4.69) is 20.7 Å². The van der Waals surface area contributed by atoms with Crippen molar-refractivity contribution in [3.05, 3.63) is 72.6 Å². The van der Waals surface area contributed by atoms with Gasteiger partial charge in [-0.05, 0) is 61.0 Å². The minimum absolute atomic E-state index is 0.303. The number of fused-ring (bicyclic) bond motifs is 1. The molecule has 0 bridgehead atoms. The van der Waals surface area contributed by atoms with Gasteiger partial charge in [-0.2, -0.15) is 0 Å². The van der Waals surface area contributed by atoms with E-state index in [1.807, 2.05) is 6.92 Å². The van der Waals surface area contributed by atoms with E-state index in [1.165, 1.54) is 0 Å². The van der Waals surface area contributed by atoms with Crippen molar-refractivity contribution in [2.24, 2.45) is 0 Å². The lowest BCUT2D eigenvalue weighted by Gasteiger charge is -2.18. The number of carbonyl (C=O) groups is 2. The van der Waals surface area contributed by atoms with Gasteiger partial charge in [0.2, 0.25) is 6.41 Å². The smallest absolute Gasteiger partial charge is 0.338 e. The Morgan fingerprint density at radius 2 is 1.63 bits per heavy atom. The molecule has 0 aliphatic rings. The van der Waals surface area contributed by atoms with Crippen LogP contribution in [0.3, 0.4) is 0 Å². The average molecular weight is 473 g/mol. The van der Waals surface area contributed by atoms with E-state index in [0.29, 0.717) is 46.4 Å². The SMILES string of the molecule is COc1cc2nccc(Oc3ccc(NC(=O)NN(C=O)c4cc(C)ccn4)cc3)c2cc1OC. The highest BCUT2D eigenvalue weighted by Gasteiger charge is 2.13. The number of aryl methyl sites for hydroxylation is 1. The number of benzene rings is 2. The van der Waals surface area contributed by atoms with Gasteiger partial charge in [0.25, 0.3) is 0 Å². The molecule has 2 aromatic heterocycles. The predicted octanol–water partition coefficient (Wildman–Crippen LogP) is 4.45. The minimum Gasteiger partial charge on any atom is -0.493 e. The standard InChI is InChI=1S/C25H23N5O5/c1-16-8-10-27-24(12-16)30(15-31)29-25(32)28-17-4-6-18(7-5-17)35-21-9-11-26-20-14-23(34-3)22(33-2)13-19(20)21/h4-15H,1-3H3,(H2,28,29,32). The maximum Gasteiger partial charge on any atom is 0.338 e. The highest BCUT2D eigenvalue weighted by molar-refractivity contribution is 5.93. The summed E-state index contributed by atoms with van der Waals surface area (Å²) in [6.45, 7) is 1.86. The number of nitrogens with zero attached hydrogens (tertiary/aromatic N) is 3. The first-order chi connectivity index (χ1) is 17.0. The Balaban J connectivity index is 1.45. The van der Waals surface area contributed by atoms with Crippen molar-refractivity contribution in [1.29, 1.82) is 0 Å². The number of pyridine rings is 2. The van der Waals surface area contributed by atoms with Gasteiger partial charge >= 0.3 is 6.03 Å². The number of urea groups is 1. The van der Waals surface area contributed by atoms with Crippen molar-refractivity contribution in [2.45, 2.75) is 6.92 Å². The van der Waals surface area contributed by atoms with Crippen molar-refractivity contribution in [1.82, 2.24) is 15.4 Å². The molecule has 35 heavy (non-hydrogen) atoms. The zero-order chi connectivity index (χ0) is 24.8. The van der Waals surface area contributed by atoms with Crippen LogP contribution >= 0.6 is 0 Å². The van der Waals surface area contributed by atoms with Gasteiger partial charge in [-0.15, -0.1) is 0 Å². The van der Waals surface area contributed by atoms with Gasteiger partial charge in [0, 0.05) is 29.5 Å². The third-order valence-electron chi connectivity index (χ3n) is 5.02. The van der Waals surface area contributed by atoms with E-state index < -0.39 is 6.03 Å². The maximum atomic E-state index is 12.4. The van der Waals surface area contributed by atoms with E-state index in [4.69, 9.17) is 14.2 Å². The summed E-state index contributed by atoms with van der Waals surface area (Å²) < 4.78 is 16.8. The quantitative estimate of drug-likeness (QED) is 0.287.